The first-order valence-corrected chi connectivity index (χ1v) is 12.6. The van der Waals surface area contributed by atoms with Gasteiger partial charge < -0.3 is 5.32 Å². The van der Waals surface area contributed by atoms with Gasteiger partial charge in [0.1, 0.15) is 0 Å². The quantitative estimate of drug-likeness (QED) is 0.550. The Kier molecular flexibility index (Phi) is 6.85. The van der Waals surface area contributed by atoms with E-state index in [4.69, 9.17) is 0 Å². The van der Waals surface area contributed by atoms with Crippen molar-refractivity contribution in [3.05, 3.63) is 54.6 Å². The van der Waals surface area contributed by atoms with Crippen molar-refractivity contribution in [3.8, 4) is 17.1 Å². The fourth-order valence-electron chi connectivity index (χ4n) is 3.90. The van der Waals surface area contributed by atoms with Gasteiger partial charge >= 0.3 is 0 Å². The molecule has 0 atom stereocenters. The molecule has 174 valence electrons. The molecule has 0 aliphatic heterocycles. The van der Waals surface area contributed by atoms with E-state index in [1.165, 1.54) is 0 Å². The molecular weight excluding hydrogens is 440 g/mol. The van der Waals surface area contributed by atoms with Gasteiger partial charge in [0.15, 0.2) is 5.82 Å². The Morgan fingerprint density at radius 3 is 2.30 bits per heavy atom. The van der Waals surface area contributed by atoms with E-state index < -0.39 is 15.3 Å². The first-order valence-electron chi connectivity index (χ1n) is 11.1. The summed E-state index contributed by atoms with van der Waals surface area (Å²) in [4.78, 5) is 12.7. The van der Waals surface area contributed by atoms with E-state index in [-0.39, 0.29) is 17.9 Å². The zero-order valence-corrected chi connectivity index (χ0v) is 19.5. The van der Waals surface area contributed by atoms with Crippen molar-refractivity contribution in [2.24, 2.45) is 5.92 Å². The number of sulfonamides is 1. The minimum absolute atomic E-state index is 0.0398. The van der Waals surface area contributed by atoms with Crippen LogP contribution in [0.25, 0.3) is 17.1 Å². The van der Waals surface area contributed by atoms with Gasteiger partial charge in [-0.3, -0.25) is 4.79 Å². The van der Waals surface area contributed by atoms with Crippen LogP contribution in [0.4, 0.5) is 5.69 Å². The van der Waals surface area contributed by atoms with Crippen LogP contribution in [-0.2, 0) is 14.8 Å². The van der Waals surface area contributed by atoms with Gasteiger partial charge in [0.25, 0.3) is 0 Å². The molecule has 1 aliphatic rings. The molecule has 0 saturated heterocycles. The number of hydrogen-bond donors (Lipinski definition) is 2. The largest absolute Gasteiger partial charge is 0.326 e. The number of nitrogens with one attached hydrogen (secondary N) is 2. The lowest BCUT2D eigenvalue weighted by molar-refractivity contribution is -0.120. The molecule has 0 bridgehead atoms. The van der Waals surface area contributed by atoms with Gasteiger partial charge in [0.2, 0.25) is 15.9 Å². The molecule has 4 rings (SSSR count). The van der Waals surface area contributed by atoms with Crippen LogP contribution < -0.4 is 10.0 Å². The van der Waals surface area contributed by atoms with Crippen LogP contribution >= 0.6 is 0 Å². The summed E-state index contributed by atoms with van der Waals surface area (Å²) in [7, 11) is -3.29. The van der Waals surface area contributed by atoms with Crippen molar-refractivity contribution in [3.63, 3.8) is 0 Å². The van der Waals surface area contributed by atoms with E-state index in [2.05, 4.69) is 25.6 Å². The normalized spacial score (nSPS) is 18.9. The molecule has 9 nitrogen and oxygen atoms in total. The van der Waals surface area contributed by atoms with Crippen LogP contribution in [0.3, 0.4) is 0 Å². The number of aromatic nitrogens is 4. The van der Waals surface area contributed by atoms with E-state index in [9.17, 15) is 13.2 Å². The van der Waals surface area contributed by atoms with Crippen molar-refractivity contribution in [2.75, 3.05) is 5.32 Å². The Labute approximate surface area is 193 Å². The SMILES string of the molecule is CC(C)S(=O)(=O)N[C@H]1CC[C@H](C(=O)Nc2ccc(-c3nnnn3-c3ccccc3)cc2)CC1. The highest BCUT2D eigenvalue weighted by atomic mass is 32.2. The third-order valence-electron chi connectivity index (χ3n) is 5.93. The number of tetrazole rings is 1. The Balaban J connectivity index is 1.35. The van der Waals surface area contributed by atoms with Crippen molar-refractivity contribution in [1.29, 1.82) is 0 Å². The highest BCUT2D eigenvalue weighted by Crippen LogP contribution is 2.27. The summed E-state index contributed by atoms with van der Waals surface area (Å²) in [6, 6.07) is 16.9. The van der Waals surface area contributed by atoms with Crippen LogP contribution in [0.5, 0.6) is 0 Å². The highest BCUT2D eigenvalue weighted by Gasteiger charge is 2.29. The number of amides is 1. The van der Waals surface area contributed by atoms with Crippen LogP contribution in [0, 0.1) is 5.92 Å². The second kappa shape index (κ2) is 9.80. The number of rotatable bonds is 7. The van der Waals surface area contributed by atoms with Crippen LogP contribution in [0.1, 0.15) is 39.5 Å². The molecule has 3 aromatic rings. The van der Waals surface area contributed by atoms with Gasteiger partial charge in [-0.2, -0.15) is 4.68 Å². The maximum Gasteiger partial charge on any atom is 0.227 e. The predicted molar refractivity (Wildman–Crippen MR) is 126 cm³/mol. The molecule has 2 aromatic carbocycles. The lowest BCUT2D eigenvalue weighted by Crippen LogP contribution is -2.42. The van der Waals surface area contributed by atoms with E-state index in [1.54, 1.807) is 18.5 Å². The molecule has 1 aliphatic carbocycles. The van der Waals surface area contributed by atoms with Crippen LogP contribution in [0.15, 0.2) is 54.6 Å². The van der Waals surface area contributed by atoms with Gasteiger partial charge in [0, 0.05) is 23.2 Å². The Bertz CT molecular complexity index is 1180. The number of para-hydroxylation sites is 1. The standard InChI is InChI=1S/C23H28N6O3S/c1-16(2)33(31,32)26-20-14-10-18(11-15-20)23(30)24-19-12-8-17(9-13-19)22-25-27-28-29(22)21-6-4-3-5-7-21/h3-9,12-13,16,18,20,26H,10-11,14-15H2,1-2H3,(H,24,30)/t18-,20-. The summed E-state index contributed by atoms with van der Waals surface area (Å²) in [6.07, 6.45) is 2.62. The van der Waals surface area contributed by atoms with Gasteiger partial charge in [-0.25, -0.2) is 13.1 Å². The lowest BCUT2D eigenvalue weighted by atomic mass is 9.86. The lowest BCUT2D eigenvalue weighted by Gasteiger charge is -2.28. The maximum atomic E-state index is 12.7. The van der Waals surface area contributed by atoms with Crippen molar-refractivity contribution >= 4 is 21.6 Å². The zero-order chi connectivity index (χ0) is 23.4. The average Bonchev–Trinajstić information content (AvgIpc) is 3.30. The Morgan fingerprint density at radius 2 is 1.67 bits per heavy atom. The molecule has 1 fully saturated rings. The molecule has 0 spiro atoms. The van der Waals surface area contributed by atoms with E-state index in [0.29, 0.717) is 37.2 Å². The van der Waals surface area contributed by atoms with Crippen molar-refractivity contribution < 1.29 is 13.2 Å². The molecule has 1 heterocycles. The summed E-state index contributed by atoms with van der Waals surface area (Å²) in [6.45, 7) is 3.32. The van der Waals surface area contributed by atoms with E-state index in [0.717, 1.165) is 11.3 Å². The summed E-state index contributed by atoms with van der Waals surface area (Å²) < 4.78 is 28.6. The van der Waals surface area contributed by atoms with Gasteiger partial charge in [0.05, 0.1) is 10.9 Å². The van der Waals surface area contributed by atoms with Gasteiger partial charge in [-0.05, 0) is 86.4 Å². The first-order chi connectivity index (χ1) is 15.8. The molecule has 1 aromatic heterocycles. The van der Waals surface area contributed by atoms with Crippen molar-refractivity contribution in [1.82, 2.24) is 24.9 Å². The summed E-state index contributed by atoms with van der Waals surface area (Å²) in [5.41, 5.74) is 2.39. The topological polar surface area (TPSA) is 119 Å². The smallest absolute Gasteiger partial charge is 0.227 e. The fraction of sp³-hybridized carbons (Fsp3) is 0.391. The van der Waals surface area contributed by atoms with Crippen LogP contribution in [-0.4, -0.2) is 45.8 Å². The third-order valence-corrected chi connectivity index (χ3v) is 7.83. The van der Waals surface area contributed by atoms with Crippen LogP contribution in [0.2, 0.25) is 0 Å². The molecule has 10 heteroatoms. The molecule has 0 radical (unpaired) electrons. The highest BCUT2D eigenvalue weighted by molar-refractivity contribution is 7.90. The third kappa shape index (κ3) is 5.45. The maximum absolute atomic E-state index is 12.7. The van der Waals surface area contributed by atoms with Crippen molar-refractivity contribution in [2.45, 2.75) is 50.8 Å². The second-order valence-electron chi connectivity index (χ2n) is 8.58. The number of benzene rings is 2. The fourth-order valence-corrected chi connectivity index (χ4v) is 4.87. The van der Waals surface area contributed by atoms with E-state index >= 15 is 0 Å². The van der Waals surface area contributed by atoms with E-state index in [1.807, 2.05) is 54.6 Å². The average molecular weight is 469 g/mol. The monoisotopic (exact) mass is 468 g/mol. The first kappa shape index (κ1) is 23.1. The van der Waals surface area contributed by atoms with Gasteiger partial charge in [-0.1, -0.05) is 18.2 Å². The molecule has 1 saturated carbocycles. The summed E-state index contributed by atoms with van der Waals surface area (Å²) in [5, 5.41) is 14.5. The minimum atomic E-state index is -3.29. The number of carbonyl (C=O) groups excluding carboxylic acids is 1. The Hall–Kier alpha value is -3.11. The number of carbonyl (C=O) groups is 1. The molecular formula is C23H28N6O3S. The second-order valence-corrected chi connectivity index (χ2v) is 10.8. The minimum Gasteiger partial charge on any atom is -0.326 e. The molecule has 0 unspecified atom stereocenters. The predicted octanol–water partition coefficient (Wildman–Crippen LogP) is 3.15. The van der Waals surface area contributed by atoms with Gasteiger partial charge in [-0.15, -0.1) is 5.10 Å². The molecule has 33 heavy (non-hydrogen) atoms. The summed E-state index contributed by atoms with van der Waals surface area (Å²) in [5.74, 6) is 0.443. The zero-order valence-electron chi connectivity index (χ0n) is 18.7. The number of anilines is 1. The summed E-state index contributed by atoms with van der Waals surface area (Å²) >= 11 is 0. The Morgan fingerprint density at radius 1 is 1.00 bits per heavy atom. The molecule has 1 amide bonds. The number of nitrogens with zero attached hydrogens (tertiary/aromatic N) is 4. The number of hydrogen-bond acceptors (Lipinski definition) is 6. The molecule has 2 N–H and O–H groups in total.